The van der Waals surface area contributed by atoms with Gasteiger partial charge in [0.2, 0.25) is 0 Å². The Morgan fingerprint density at radius 2 is 2.00 bits per heavy atom. The lowest BCUT2D eigenvalue weighted by Gasteiger charge is -2.00. The third-order valence-electron chi connectivity index (χ3n) is 3.20. The number of rotatable bonds is 2. The van der Waals surface area contributed by atoms with Crippen LogP contribution in [0.5, 0.6) is 0 Å². The van der Waals surface area contributed by atoms with Crippen molar-refractivity contribution in [3.8, 4) is 11.3 Å². The summed E-state index contributed by atoms with van der Waals surface area (Å²) in [6.45, 7) is 1.96. The van der Waals surface area contributed by atoms with Crippen LogP contribution in [-0.4, -0.2) is 14.3 Å². The Hall–Kier alpha value is -2.21. The fourth-order valence-corrected chi connectivity index (χ4v) is 2.47. The van der Waals surface area contributed by atoms with Crippen molar-refractivity contribution in [1.82, 2.24) is 9.38 Å². The van der Waals surface area contributed by atoms with Crippen LogP contribution in [0.25, 0.3) is 16.9 Å². The number of nitrogens with zero attached hydrogens (tertiary/aromatic N) is 3. The van der Waals surface area contributed by atoms with Crippen LogP contribution in [0.3, 0.4) is 0 Å². The number of imidazole rings is 1. The van der Waals surface area contributed by atoms with Crippen LogP contribution in [-0.2, 0) is 0 Å². The minimum Gasteiger partial charge on any atom is -0.303 e. The number of hydrogen-bond donors (Lipinski definition) is 0. The van der Waals surface area contributed by atoms with E-state index < -0.39 is 0 Å². The molecule has 0 spiro atoms. The van der Waals surface area contributed by atoms with Crippen molar-refractivity contribution in [1.29, 1.82) is 0 Å². The monoisotopic (exact) mass is 331 g/mol. The first kappa shape index (κ1) is 12.8. The topological polar surface area (TPSA) is 60.4 Å². The fourth-order valence-electron chi connectivity index (χ4n) is 2.14. The molecule has 0 N–H and O–H groups in total. The normalized spacial score (nSPS) is 10.9. The van der Waals surface area contributed by atoms with E-state index in [0.29, 0.717) is 11.3 Å². The standard InChI is InChI=1S/C14H10BrN3O2/c1-9-11(15)6-7-14-16-12(8-17(9)14)10-4-2-3-5-13(10)18(19)20/h2-8H,1H3. The van der Waals surface area contributed by atoms with Gasteiger partial charge in [0.25, 0.3) is 5.69 Å². The van der Waals surface area contributed by atoms with Crippen molar-refractivity contribution in [3.05, 3.63) is 62.9 Å². The molecule has 0 aliphatic heterocycles. The van der Waals surface area contributed by atoms with Gasteiger partial charge in [-0.05, 0) is 41.1 Å². The minimum absolute atomic E-state index is 0.0626. The lowest BCUT2D eigenvalue weighted by atomic mass is 10.1. The maximum atomic E-state index is 11.1. The highest BCUT2D eigenvalue weighted by Crippen LogP contribution is 2.30. The molecule has 1 aromatic carbocycles. The summed E-state index contributed by atoms with van der Waals surface area (Å²) < 4.78 is 2.88. The van der Waals surface area contributed by atoms with E-state index in [1.54, 1.807) is 18.2 Å². The van der Waals surface area contributed by atoms with E-state index in [4.69, 9.17) is 0 Å². The Morgan fingerprint density at radius 3 is 2.75 bits per heavy atom. The van der Waals surface area contributed by atoms with Gasteiger partial charge in [-0.25, -0.2) is 4.98 Å². The molecule has 0 aliphatic carbocycles. The Balaban J connectivity index is 2.26. The van der Waals surface area contributed by atoms with Gasteiger partial charge in [0.05, 0.1) is 16.2 Å². The third-order valence-corrected chi connectivity index (χ3v) is 4.03. The summed E-state index contributed by atoms with van der Waals surface area (Å²) in [6, 6.07) is 10.4. The van der Waals surface area contributed by atoms with E-state index in [-0.39, 0.29) is 10.6 Å². The van der Waals surface area contributed by atoms with E-state index in [2.05, 4.69) is 20.9 Å². The molecular formula is C14H10BrN3O2. The first-order chi connectivity index (χ1) is 9.58. The van der Waals surface area contributed by atoms with Crippen LogP contribution in [0.1, 0.15) is 5.69 Å². The van der Waals surface area contributed by atoms with Crippen LogP contribution >= 0.6 is 15.9 Å². The first-order valence-electron chi connectivity index (χ1n) is 5.96. The van der Waals surface area contributed by atoms with E-state index in [1.807, 2.05) is 29.7 Å². The van der Waals surface area contributed by atoms with Crippen molar-refractivity contribution >= 4 is 27.3 Å². The third kappa shape index (κ3) is 1.98. The van der Waals surface area contributed by atoms with Crippen molar-refractivity contribution in [2.75, 3.05) is 0 Å². The van der Waals surface area contributed by atoms with Crippen molar-refractivity contribution in [3.63, 3.8) is 0 Å². The molecule has 3 rings (SSSR count). The van der Waals surface area contributed by atoms with E-state index in [1.165, 1.54) is 6.07 Å². The molecule has 0 bridgehead atoms. The van der Waals surface area contributed by atoms with Gasteiger partial charge in [-0.1, -0.05) is 12.1 Å². The summed E-state index contributed by atoms with van der Waals surface area (Å²) in [5.74, 6) is 0. The van der Waals surface area contributed by atoms with Gasteiger partial charge in [0, 0.05) is 22.4 Å². The van der Waals surface area contributed by atoms with Gasteiger partial charge in [0.15, 0.2) is 0 Å². The largest absolute Gasteiger partial charge is 0.303 e. The molecule has 0 atom stereocenters. The number of benzene rings is 1. The number of para-hydroxylation sites is 1. The molecule has 5 nitrogen and oxygen atoms in total. The first-order valence-corrected chi connectivity index (χ1v) is 6.75. The summed E-state index contributed by atoms with van der Waals surface area (Å²) in [5.41, 5.74) is 2.95. The van der Waals surface area contributed by atoms with Crippen LogP contribution < -0.4 is 0 Å². The fraction of sp³-hybridized carbons (Fsp3) is 0.0714. The minimum atomic E-state index is -0.387. The van der Waals surface area contributed by atoms with Gasteiger partial charge in [-0.2, -0.15) is 0 Å². The highest BCUT2D eigenvalue weighted by molar-refractivity contribution is 9.10. The van der Waals surface area contributed by atoms with Crippen molar-refractivity contribution < 1.29 is 4.92 Å². The molecule has 6 heteroatoms. The smallest absolute Gasteiger partial charge is 0.278 e. The summed E-state index contributed by atoms with van der Waals surface area (Å²) in [4.78, 5) is 15.2. The molecule has 2 aromatic heterocycles. The Labute approximate surface area is 123 Å². The second-order valence-corrected chi connectivity index (χ2v) is 5.25. The highest BCUT2D eigenvalue weighted by atomic mass is 79.9. The molecule has 0 saturated carbocycles. The number of fused-ring (bicyclic) bond motifs is 1. The van der Waals surface area contributed by atoms with Gasteiger partial charge < -0.3 is 4.40 Å². The zero-order chi connectivity index (χ0) is 14.3. The Kier molecular flexibility index (Phi) is 3.02. The summed E-state index contributed by atoms with van der Waals surface area (Å²) in [7, 11) is 0. The zero-order valence-electron chi connectivity index (χ0n) is 10.6. The quantitative estimate of drug-likeness (QED) is 0.527. The summed E-state index contributed by atoms with van der Waals surface area (Å²) >= 11 is 3.46. The van der Waals surface area contributed by atoms with Crippen LogP contribution in [0.15, 0.2) is 47.1 Å². The van der Waals surface area contributed by atoms with Gasteiger partial charge in [-0.3, -0.25) is 10.1 Å². The maximum Gasteiger partial charge on any atom is 0.278 e. The number of pyridine rings is 1. The van der Waals surface area contributed by atoms with Gasteiger partial charge in [-0.15, -0.1) is 0 Å². The second-order valence-electron chi connectivity index (χ2n) is 4.40. The Morgan fingerprint density at radius 1 is 1.25 bits per heavy atom. The van der Waals surface area contributed by atoms with Crippen molar-refractivity contribution in [2.24, 2.45) is 0 Å². The number of aromatic nitrogens is 2. The molecular weight excluding hydrogens is 322 g/mol. The predicted molar refractivity (Wildman–Crippen MR) is 79.7 cm³/mol. The number of hydrogen-bond acceptors (Lipinski definition) is 3. The average Bonchev–Trinajstić information content (AvgIpc) is 2.88. The lowest BCUT2D eigenvalue weighted by Crippen LogP contribution is -1.91. The van der Waals surface area contributed by atoms with Gasteiger partial charge in [0.1, 0.15) is 5.65 Å². The van der Waals surface area contributed by atoms with Gasteiger partial charge >= 0.3 is 0 Å². The number of aryl methyl sites for hydroxylation is 1. The molecule has 0 aliphatic rings. The molecule has 3 aromatic rings. The van der Waals surface area contributed by atoms with Crippen LogP contribution in [0.2, 0.25) is 0 Å². The Bertz CT molecular complexity index is 826. The van der Waals surface area contributed by atoms with Crippen molar-refractivity contribution in [2.45, 2.75) is 6.92 Å². The molecule has 2 heterocycles. The summed E-state index contributed by atoms with van der Waals surface area (Å²) in [6.07, 6.45) is 1.82. The molecule has 0 amide bonds. The highest BCUT2D eigenvalue weighted by Gasteiger charge is 2.17. The number of nitro benzene ring substituents is 1. The molecule has 0 fully saturated rings. The predicted octanol–water partition coefficient (Wildman–Crippen LogP) is 3.98. The zero-order valence-corrected chi connectivity index (χ0v) is 12.2. The maximum absolute atomic E-state index is 11.1. The summed E-state index contributed by atoms with van der Waals surface area (Å²) in [5, 5.41) is 11.1. The molecule has 0 saturated heterocycles. The van der Waals surface area contributed by atoms with E-state index in [0.717, 1.165) is 15.8 Å². The molecule has 0 unspecified atom stereocenters. The second kappa shape index (κ2) is 4.72. The average molecular weight is 332 g/mol. The number of halogens is 1. The van der Waals surface area contributed by atoms with Crippen LogP contribution in [0, 0.1) is 17.0 Å². The molecule has 20 heavy (non-hydrogen) atoms. The molecule has 0 radical (unpaired) electrons. The lowest BCUT2D eigenvalue weighted by molar-refractivity contribution is -0.384. The van der Waals surface area contributed by atoms with Crippen LogP contribution in [0.4, 0.5) is 5.69 Å². The number of nitro groups is 1. The molecule has 100 valence electrons. The SMILES string of the molecule is Cc1c(Br)ccc2nc(-c3ccccc3[N+](=O)[O-])cn12. The van der Waals surface area contributed by atoms with E-state index in [9.17, 15) is 10.1 Å². The van der Waals surface area contributed by atoms with E-state index >= 15 is 0 Å².